The second-order valence-corrected chi connectivity index (χ2v) is 7.73. The first-order valence-electron chi connectivity index (χ1n) is 9.56. The van der Waals surface area contributed by atoms with E-state index in [1.165, 1.54) is 11.8 Å². The number of hydrogen-bond acceptors (Lipinski definition) is 9. The lowest BCUT2D eigenvalue weighted by Crippen LogP contribution is -1.84. The maximum absolute atomic E-state index is 5.87. The molecule has 31 heavy (non-hydrogen) atoms. The van der Waals surface area contributed by atoms with E-state index in [9.17, 15) is 0 Å². The quantitative estimate of drug-likeness (QED) is 0.329. The van der Waals surface area contributed by atoms with Crippen LogP contribution in [0.2, 0.25) is 0 Å². The van der Waals surface area contributed by atoms with Crippen LogP contribution in [0, 0.1) is 13.8 Å². The van der Waals surface area contributed by atoms with Gasteiger partial charge < -0.3 is 13.4 Å². The van der Waals surface area contributed by atoms with Crippen molar-refractivity contribution >= 4 is 11.8 Å². The van der Waals surface area contributed by atoms with Crippen LogP contribution in [0.3, 0.4) is 0 Å². The van der Waals surface area contributed by atoms with Crippen molar-refractivity contribution in [1.29, 1.82) is 0 Å². The molecule has 3 heterocycles. The molecular weight excluding hydrogens is 414 g/mol. The maximum atomic E-state index is 5.87. The molecule has 0 saturated heterocycles. The van der Waals surface area contributed by atoms with Crippen LogP contribution in [-0.2, 0) is 5.75 Å². The minimum Gasteiger partial charge on any atom is -0.420 e. The number of benzene rings is 2. The molecule has 3 aromatic heterocycles. The Morgan fingerprint density at radius 1 is 0.806 bits per heavy atom. The first kappa shape index (κ1) is 19.3. The summed E-state index contributed by atoms with van der Waals surface area (Å²) in [5.41, 5.74) is 4.26. The molecule has 0 aliphatic rings. The third-order valence-electron chi connectivity index (χ3n) is 4.69. The van der Waals surface area contributed by atoms with Crippen molar-refractivity contribution in [3.63, 3.8) is 0 Å². The Morgan fingerprint density at radius 3 is 2.42 bits per heavy atom. The summed E-state index contributed by atoms with van der Waals surface area (Å²) in [6.45, 7) is 3.82. The number of aromatic nitrogens is 5. The van der Waals surface area contributed by atoms with Gasteiger partial charge in [-0.05, 0) is 25.5 Å². The van der Waals surface area contributed by atoms with E-state index in [1.807, 2.05) is 68.4 Å². The van der Waals surface area contributed by atoms with Crippen molar-refractivity contribution in [3.8, 4) is 34.2 Å². The van der Waals surface area contributed by atoms with Crippen molar-refractivity contribution < 1.29 is 13.4 Å². The summed E-state index contributed by atoms with van der Waals surface area (Å²) in [4.78, 5) is 0. The molecule has 5 rings (SSSR count). The van der Waals surface area contributed by atoms with Crippen molar-refractivity contribution in [3.05, 3.63) is 71.8 Å². The van der Waals surface area contributed by atoms with Crippen molar-refractivity contribution in [1.82, 2.24) is 25.6 Å². The van der Waals surface area contributed by atoms with E-state index in [-0.39, 0.29) is 0 Å². The molecule has 0 N–H and O–H groups in total. The fourth-order valence-electron chi connectivity index (χ4n) is 3.14. The van der Waals surface area contributed by atoms with Gasteiger partial charge in [0.2, 0.25) is 11.8 Å². The molecule has 5 aromatic rings. The van der Waals surface area contributed by atoms with E-state index in [2.05, 4.69) is 25.6 Å². The van der Waals surface area contributed by atoms with Gasteiger partial charge in [0.15, 0.2) is 0 Å². The fraction of sp³-hybridized carbons (Fsp3) is 0.136. The molecule has 0 saturated carbocycles. The Bertz CT molecular complexity index is 1330. The third kappa shape index (κ3) is 3.87. The van der Waals surface area contributed by atoms with Gasteiger partial charge >= 0.3 is 0 Å². The summed E-state index contributed by atoms with van der Waals surface area (Å²) in [6.07, 6.45) is 0. The minimum absolute atomic E-state index is 0.360. The fourth-order valence-corrected chi connectivity index (χ4v) is 3.74. The Kier molecular flexibility index (Phi) is 5.09. The summed E-state index contributed by atoms with van der Waals surface area (Å²) in [6, 6.07) is 17.6. The van der Waals surface area contributed by atoms with E-state index < -0.39 is 0 Å². The van der Waals surface area contributed by atoms with Crippen LogP contribution in [-0.4, -0.2) is 25.6 Å². The molecule has 2 aromatic carbocycles. The molecule has 0 aliphatic heterocycles. The predicted molar refractivity (Wildman–Crippen MR) is 114 cm³/mol. The van der Waals surface area contributed by atoms with Gasteiger partial charge in [-0.3, -0.25) is 0 Å². The van der Waals surface area contributed by atoms with Crippen molar-refractivity contribution in [2.45, 2.75) is 24.8 Å². The molecule has 0 spiro atoms. The molecule has 0 fully saturated rings. The van der Waals surface area contributed by atoms with Crippen molar-refractivity contribution in [2.75, 3.05) is 0 Å². The van der Waals surface area contributed by atoms with Crippen LogP contribution in [0.25, 0.3) is 34.2 Å². The zero-order chi connectivity index (χ0) is 21.2. The monoisotopic (exact) mass is 431 g/mol. The zero-order valence-electron chi connectivity index (χ0n) is 16.8. The lowest BCUT2D eigenvalue weighted by molar-refractivity contribution is 0.399. The number of nitrogens with zero attached hydrogens (tertiary/aromatic N) is 5. The standard InChI is InChI=1S/C22H17N5O3S/c1-13-8-6-7-11-16(13)20-24-26-22(29-20)31-12-17-23-25-21(28-17)18-14(2)30-27-19(18)15-9-4-3-5-10-15/h3-11H,12H2,1-2H3. The van der Waals surface area contributed by atoms with E-state index in [0.29, 0.717) is 45.7 Å². The molecule has 0 amide bonds. The number of thioether (sulfide) groups is 1. The number of aryl methyl sites for hydroxylation is 2. The normalized spacial score (nSPS) is 11.2. The summed E-state index contributed by atoms with van der Waals surface area (Å²) in [7, 11) is 0. The second-order valence-electron chi connectivity index (χ2n) is 6.81. The van der Waals surface area contributed by atoms with Gasteiger partial charge in [0.05, 0.1) is 5.75 Å². The highest BCUT2D eigenvalue weighted by Gasteiger charge is 2.22. The van der Waals surface area contributed by atoms with E-state index in [4.69, 9.17) is 13.4 Å². The summed E-state index contributed by atoms with van der Waals surface area (Å²) < 4.78 is 17.0. The van der Waals surface area contributed by atoms with Crippen LogP contribution >= 0.6 is 11.8 Å². The lowest BCUT2D eigenvalue weighted by Gasteiger charge is -1.98. The highest BCUT2D eigenvalue weighted by atomic mass is 32.2. The maximum Gasteiger partial charge on any atom is 0.277 e. The smallest absolute Gasteiger partial charge is 0.277 e. The first-order chi connectivity index (χ1) is 15.2. The predicted octanol–water partition coefficient (Wildman–Crippen LogP) is 5.35. The van der Waals surface area contributed by atoms with Gasteiger partial charge in [-0.15, -0.1) is 20.4 Å². The van der Waals surface area contributed by atoms with Crippen LogP contribution in [0.4, 0.5) is 0 Å². The van der Waals surface area contributed by atoms with E-state index in [0.717, 1.165) is 16.7 Å². The van der Waals surface area contributed by atoms with Gasteiger partial charge in [0.1, 0.15) is 17.0 Å². The summed E-state index contributed by atoms with van der Waals surface area (Å²) in [5.74, 6) is 2.29. The van der Waals surface area contributed by atoms with Crippen molar-refractivity contribution in [2.24, 2.45) is 0 Å². The summed E-state index contributed by atoms with van der Waals surface area (Å²) >= 11 is 1.33. The number of rotatable bonds is 6. The topological polar surface area (TPSA) is 104 Å². The van der Waals surface area contributed by atoms with E-state index >= 15 is 0 Å². The van der Waals surface area contributed by atoms with Gasteiger partial charge in [0, 0.05) is 11.1 Å². The average Bonchev–Trinajstić information content (AvgIpc) is 3.53. The molecule has 0 radical (unpaired) electrons. The van der Waals surface area contributed by atoms with Crippen LogP contribution < -0.4 is 0 Å². The van der Waals surface area contributed by atoms with Crippen LogP contribution in [0.1, 0.15) is 17.2 Å². The molecule has 0 aliphatic carbocycles. The first-order valence-corrected chi connectivity index (χ1v) is 10.5. The average molecular weight is 431 g/mol. The van der Waals surface area contributed by atoms with Gasteiger partial charge in [-0.25, -0.2) is 0 Å². The van der Waals surface area contributed by atoms with Crippen LogP contribution in [0.15, 0.2) is 73.2 Å². The largest absolute Gasteiger partial charge is 0.420 e. The Labute approximate surface area is 181 Å². The van der Waals surface area contributed by atoms with Crippen LogP contribution in [0.5, 0.6) is 0 Å². The van der Waals surface area contributed by atoms with Gasteiger partial charge in [0.25, 0.3) is 11.1 Å². The highest BCUT2D eigenvalue weighted by Crippen LogP contribution is 2.34. The molecular formula is C22H17N5O3S. The Hall–Kier alpha value is -3.72. The van der Waals surface area contributed by atoms with Gasteiger partial charge in [-0.1, -0.05) is 65.4 Å². The molecule has 0 bridgehead atoms. The number of hydrogen-bond donors (Lipinski definition) is 0. The van der Waals surface area contributed by atoms with Gasteiger partial charge in [-0.2, -0.15) is 0 Å². The summed E-state index contributed by atoms with van der Waals surface area (Å²) in [5, 5.41) is 21.2. The lowest BCUT2D eigenvalue weighted by atomic mass is 10.1. The Morgan fingerprint density at radius 2 is 1.58 bits per heavy atom. The molecule has 9 heteroatoms. The highest BCUT2D eigenvalue weighted by molar-refractivity contribution is 7.98. The zero-order valence-corrected chi connectivity index (χ0v) is 17.6. The molecule has 0 unspecified atom stereocenters. The van der Waals surface area contributed by atoms with E-state index in [1.54, 1.807) is 0 Å². The third-order valence-corrected chi connectivity index (χ3v) is 5.49. The molecule has 154 valence electrons. The molecule has 0 atom stereocenters. The minimum atomic E-state index is 0.360. The Balaban J connectivity index is 1.33. The molecule has 8 nitrogen and oxygen atoms in total. The SMILES string of the molecule is Cc1ccccc1-c1nnc(SCc2nnc(-c3c(-c4ccccc4)noc3C)o2)o1. The second kappa shape index (κ2) is 8.19.